The molecular formula is C8H16O3Si. The smallest absolute Gasteiger partial charge is 0.291 e. The van der Waals surface area contributed by atoms with Crippen LogP contribution in [0.1, 0.15) is 32.6 Å². The maximum absolute atomic E-state index is 10.7. The van der Waals surface area contributed by atoms with E-state index in [1.54, 1.807) is 0 Å². The lowest BCUT2D eigenvalue weighted by Gasteiger charge is -2.05. The minimum absolute atomic E-state index is 0.118. The van der Waals surface area contributed by atoms with Crippen molar-refractivity contribution in [2.75, 3.05) is 0 Å². The van der Waals surface area contributed by atoms with E-state index in [0.717, 1.165) is 25.5 Å². The fourth-order valence-electron chi connectivity index (χ4n) is 0.979. The highest BCUT2D eigenvalue weighted by Crippen LogP contribution is 2.09. The van der Waals surface area contributed by atoms with Gasteiger partial charge in [0.2, 0.25) is 10.5 Å². The molecule has 0 saturated heterocycles. The van der Waals surface area contributed by atoms with Gasteiger partial charge in [0, 0.05) is 12.3 Å². The predicted octanol–water partition coefficient (Wildman–Crippen LogP) is 0.205. The van der Waals surface area contributed by atoms with Crippen LogP contribution in [-0.2, 0) is 14.0 Å². The highest BCUT2D eigenvalue weighted by Gasteiger charge is 2.05. The molecule has 0 aromatic rings. The standard InChI is InChI=1S/C8H16O3Si/c1-2-7(6-9)4-3-5-8(10)11-12/h6-7H,2-5H2,1,12H3. The summed E-state index contributed by atoms with van der Waals surface area (Å²) < 4.78 is 4.61. The van der Waals surface area contributed by atoms with Crippen LogP contribution >= 0.6 is 0 Å². The molecule has 1 unspecified atom stereocenters. The Morgan fingerprint density at radius 1 is 1.67 bits per heavy atom. The van der Waals surface area contributed by atoms with Crippen LogP contribution < -0.4 is 0 Å². The first-order chi connectivity index (χ1) is 5.74. The van der Waals surface area contributed by atoms with Gasteiger partial charge >= 0.3 is 0 Å². The van der Waals surface area contributed by atoms with Gasteiger partial charge in [-0.15, -0.1) is 0 Å². The van der Waals surface area contributed by atoms with Crippen LogP contribution in [0, 0.1) is 5.92 Å². The molecule has 0 aromatic carbocycles. The maximum atomic E-state index is 10.7. The lowest BCUT2D eigenvalue weighted by atomic mass is 10.0. The molecular weight excluding hydrogens is 172 g/mol. The number of carbonyl (C=O) groups excluding carboxylic acids is 2. The van der Waals surface area contributed by atoms with Crippen molar-refractivity contribution in [2.24, 2.45) is 5.92 Å². The molecule has 70 valence electrons. The molecule has 1 atom stereocenters. The fourth-order valence-corrected chi connectivity index (χ4v) is 1.18. The highest BCUT2D eigenvalue weighted by atomic mass is 28.2. The van der Waals surface area contributed by atoms with E-state index in [4.69, 9.17) is 0 Å². The van der Waals surface area contributed by atoms with Gasteiger partial charge in [0.1, 0.15) is 6.29 Å². The summed E-state index contributed by atoms with van der Waals surface area (Å²) in [6.07, 6.45) is 3.84. The van der Waals surface area contributed by atoms with Gasteiger partial charge in [-0.1, -0.05) is 6.92 Å². The Labute approximate surface area is 76.0 Å². The maximum Gasteiger partial charge on any atom is 0.291 e. The number of hydrogen-bond acceptors (Lipinski definition) is 3. The first-order valence-electron chi connectivity index (χ1n) is 4.26. The van der Waals surface area contributed by atoms with E-state index in [1.165, 1.54) is 0 Å². The predicted molar refractivity (Wildman–Crippen MR) is 49.7 cm³/mol. The first kappa shape index (κ1) is 11.4. The first-order valence-corrected chi connectivity index (χ1v) is 5.08. The van der Waals surface area contributed by atoms with Crippen molar-refractivity contribution in [3.05, 3.63) is 0 Å². The van der Waals surface area contributed by atoms with Gasteiger partial charge in [-0.2, -0.15) is 0 Å². The van der Waals surface area contributed by atoms with Crippen LogP contribution in [0.2, 0.25) is 0 Å². The Balaban J connectivity index is 3.40. The second-order valence-corrected chi connectivity index (χ2v) is 3.18. The monoisotopic (exact) mass is 188 g/mol. The van der Waals surface area contributed by atoms with E-state index in [-0.39, 0.29) is 11.9 Å². The molecule has 0 aromatic heterocycles. The summed E-state index contributed by atoms with van der Waals surface area (Å²) in [5.74, 6) is -0.0191. The minimum Gasteiger partial charge on any atom is -0.529 e. The van der Waals surface area contributed by atoms with Crippen molar-refractivity contribution < 1.29 is 14.0 Å². The van der Waals surface area contributed by atoms with E-state index < -0.39 is 0 Å². The van der Waals surface area contributed by atoms with E-state index >= 15 is 0 Å². The third-order valence-corrected chi connectivity index (χ3v) is 2.36. The Morgan fingerprint density at radius 2 is 2.33 bits per heavy atom. The summed E-state index contributed by atoms with van der Waals surface area (Å²) in [6, 6.07) is 0. The molecule has 0 saturated carbocycles. The molecule has 4 heteroatoms. The molecule has 0 spiro atoms. The van der Waals surface area contributed by atoms with Crippen molar-refractivity contribution in [3.63, 3.8) is 0 Å². The van der Waals surface area contributed by atoms with Crippen LogP contribution in [0.5, 0.6) is 0 Å². The number of hydrogen-bond donors (Lipinski definition) is 0. The van der Waals surface area contributed by atoms with Crippen molar-refractivity contribution in [2.45, 2.75) is 32.6 Å². The van der Waals surface area contributed by atoms with Crippen LogP contribution in [0.3, 0.4) is 0 Å². The summed E-state index contributed by atoms with van der Waals surface area (Å²) in [6.45, 7) is 1.98. The molecule has 0 N–H and O–H groups in total. The third kappa shape index (κ3) is 5.07. The Bertz CT molecular complexity index is 147. The van der Waals surface area contributed by atoms with Crippen LogP contribution in [-0.4, -0.2) is 22.7 Å². The second kappa shape index (κ2) is 7.03. The number of carbonyl (C=O) groups is 2. The topological polar surface area (TPSA) is 43.4 Å². The average molecular weight is 188 g/mol. The molecule has 0 aliphatic rings. The summed E-state index contributed by atoms with van der Waals surface area (Å²) in [5, 5.41) is 0. The molecule has 0 heterocycles. The summed E-state index contributed by atoms with van der Waals surface area (Å²) >= 11 is 0. The normalized spacial score (nSPS) is 12.4. The number of rotatable bonds is 6. The molecule has 0 bridgehead atoms. The molecule has 0 radical (unpaired) electrons. The molecule has 0 aliphatic heterocycles. The van der Waals surface area contributed by atoms with E-state index in [9.17, 15) is 9.59 Å². The lowest BCUT2D eigenvalue weighted by molar-refractivity contribution is -0.134. The van der Waals surface area contributed by atoms with Crippen molar-refractivity contribution in [1.29, 1.82) is 0 Å². The molecule has 0 aliphatic carbocycles. The molecule has 0 rings (SSSR count). The lowest BCUT2D eigenvalue weighted by Crippen LogP contribution is -2.04. The van der Waals surface area contributed by atoms with Crippen LogP contribution in [0.4, 0.5) is 0 Å². The van der Waals surface area contributed by atoms with Crippen molar-refractivity contribution >= 4 is 22.7 Å². The summed E-state index contributed by atoms with van der Waals surface area (Å²) in [4.78, 5) is 21.1. The SMILES string of the molecule is CCC(C=O)CCCC(=O)O[SiH3]. The molecule has 0 amide bonds. The average Bonchev–Trinajstić information content (AvgIpc) is 2.12. The zero-order chi connectivity index (χ0) is 9.40. The molecule has 12 heavy (non-hydrogen) atoms. The largest absolute Gasteiger partial charge is 0.529 e. The Hall–Kier alpha value is -0.643. The van der Waals surface area contributed by atoms with Gasteiger partial charge in [-0.3, -0.25) is 4.79 Å². The Kier molecular flexibility index (Phi) is 6.65. The van der Waals surface area contributed by atoms with Gasteiger partial charge in [0.25, 0.3) is 5.97 Å². The fraction of sp³-hybridized carbons (Fsp3) is 0.750. The zero-order valence-electron chi connectivity index (χ0n) is 7.71. The quantitative estimate of drug-likeness (QED) is 0.442. The summed E-state index contributed by atoms with van der Waals surface area (Å²) in [5.41, 5.74) is 0. The van der Waals surface area contributed by atoms with Crippen molar-refractivity contribution in [3.8, 4) is 0 Å². The van der Waals surface area contributed by atoms with Gasteiger partial charge in [0.05, 0.1) is 0 Å². The second-order valence-electron chi connectivity index (χ2n) is 2.77. The van der Waals surface area contributed by atoms with E-state index in [1.807, 2.05) is 6.92 Å². The van der Waals surface area contributed by atoms with Crippen LogP contribution in [0.25, 0.3) is 0 Å². The van der Waals surface area contributed by atoms with Gasteiger partial charge in [-0.25, -0.2) is 0 Å². The van der Waals surface area contributed by atoms with Crippen molar-refractivity contribution in [1.82, 2.24) is 0 Å². The van der Waals surface area contributed by atoms with E-state index in [2.05, 4.69) is 4.43 Å². The van der Waals surface area contributed by atoms with E-state index in [0.29, 0.717) is 16.9 Å². The molecule has 0 fully saturated rings. The number of aldehydes is 1. The highest BCUT2D eigenvalue weighted by molar-refractivity contribution is 6.05. The Morgan fingerprint density at radius 3 is 2.75 bits per heavy atom. The van der Waals surface area contributed by atoms with Gasteiger partial charge in [0.15, 0.2) is 0 Å². The molecule has 3 nitrogen and oxygen atoms in total. The summed E-state index contributed by atoms with van der Waals surface area (Å²) in [7, 11) is 0.469. The van der Waals surface area contributed by atoms with Gasteiger partial charge < -0.3 is 9.22 Å². The van der Waals surface area contributed by atoms with Gasteiger partial charge in [-0.05, 0) is 19.3 Å². The zero-order valence-corrected chi connectivity index (χ0v) is 9.71. The minimum atomic E-state index is -0.137. The third-order valence-electron chi connectivity index (χ3n) is 1.90. The van der Waals surface area contributed by atoms with Crippen LogP contribution in [0.15, 0.2) is 0 Å².